The van der Waals surface area contributed by atoms with Gasteiger partial charge in [-0.2, -0.15) is 14.8 Å². The van der Waals surface area contributed by atoms with Gasteiger partial charge < -0.3 is 14.2 Å². The lowest BCUT2D eigenvalue weighted by atomic mass is 9.96. The van der Waals surface area contributed by atoms with Crippen molar-refractivity contribution < 1.29 is 9.26 Å². The molecule has 0 spiro atoms. The van der Waals surface area contributed by atoms with Gasteiger partial charge >= 0.3 is 0 Å². The van der Waals surface area contributed by atoms with Gasteiger partial charge in [0.15, 0.2) is 0 Å². The van der Waals surface area contributed by atoms with Gasteiger partial charge in [0.05, 0.1) is 11.2 Å². The number of fused-ring (bicyclic) bond motifs is 1. The molecule has 31 heavy (non-hydrogen) atoms. The SMILES string of the molecule is COCCCN1CCC(c2nc(-n3nc(C4=CCCCC4)c4ccccc43)no2)CC1. The van der Waals surface area contributed by atoms with Crippen LogP contribution in [0.5, 0.6) is 0 Å². The third-order valence-corrected chi connectivity index (χ3v) is 6.56. The van der Waals surface area contributed by atoms with E-state index in [1.807, 2.05) is 10.7 Å². The fourth-order valence-corrected chi connectivity index (χ4v) is 4.82. The number of rotatable bonds is 7. The monoisotopic (exact) mass is 421 g/mol. The molecule has 3 aromatic rings. The molecule has 0 N–H and O–H groups in total. The van der Waals surface area contributed by atoms with Crippen LogP contribution < -0.4 is 0 Å². The molecule has 0 unspecified atom stereocenters. The van der Waals surface area contributed by atoms with Crippen molar-refractivity contribution in [3.8, 4) is 5.95 Å². The number of para-hydroxylation sites is 1. The van der Waals surface area contributed by atoms with Crippen LogP contribution >= 0.6 is 0 Å². The molecule has 7 nitrogen and oxygen atoms in total. The lowest BCUT2D eigenvalue weighted by Crippen LogP contribution is -2.34. The molecule has 2 aromatic heterocycles. The molecule has 1 aliphatic heterocycles. The molecule has 0 atom stereocenters. The van der Waals surface area contributed by atoms with Gasteiger partial charge in [-0.25, -0.2) is 0 Å². The fourth-order valence-electron chi connectivity index (χ4n) is 4.82. The van der Waals surface area contributed by atoms with Crippen molar-refractivity contribution >= 4 is 16.5 Å². The second kappa shape index (κ2) is 9.32. The molecule has 1 aliphatic carbocycles. The van der Waals surface area contributed by atoms with Crippen LogP contribution in [0.1, 0.15) is 62.4 Å². The zero-order chi connectivity index (χ0) is 21.0. The van der Waals surface area contributed by atoms with Crippen molar-refractivity contribution in [1.29, 1.82) is 0 Å². The number of hydrogen-bond donors (Lipinski definition) is 0. The number of likely N-dealkylation sites (tertiary alicyclic amines) is 1. The van der Waals surface area contributed by atoms with Gasteiger partial charge in [0.25, 0.3) is 5.95 Å². The summed E-state index contributed by atoms with van der Waals surface area (Å²) in [6.07, 6.45) is 10.2. The molecular formula is C24H31N5O2. The van der Waals surface area contributed by atoms with E-state index < -0.39 is 0 Å². The van der Waals surface area contributed by atoms with E-state index >= 15 is 0 Å². The first-order valence-electron chi connectivity index (χ1n) is 11.6. The third kappa shape index (κ3) is 4.29. The van der Waals surface area contributed by atoms with Gasteiger partial charge in [-0.3, -0.25) is 0 Å². The minimum atomic E-state index is 0.322. The van der Waals surface area contributed by atoms with E-state index in [1.165, 1.54) is 18.4 Å². The summed E-state index contributed by atoms with van der Waals surface area (Å²) in [6, 6.07) is 8.34. The third-order valence-electron chi connectivity index (χ3n) is 6.56. The van der Waals surface area contributed by atoms with E-state index in [1.54, 1.807) is 7.11 Å². The summed E-state index contributed by atoms with van der Waals surface area (Å²) in [7, 11) is 1.76. The number of nitrogens with zero attached hydrogens (tertiary/aromatic N) is 5. The molecule has 0 bridgehead atoms. The van der Waals surface area contributed by atoms with Crippen molar-refractivity contribution in [2.45, 2.75) is 50.9 Å². The summed E-state index contributed by atoms with van der Waals surface area (Å²) in [4.78, 5) is 7.28. The highest BCUT2D eigenvalue weighted by molar-refractivity contribution is 5.91. The highest BCUT2D eigenvalue weighted by atomic mass is 16.5. The molecule has 2 aliphatic rings. The highest BCUT2D eigenvalue weighted by Crippen LogP contribution is 2.33. The predicted octanol–water partition coefficient (Wildman–Crippen LogP) is 4.58. The van der Waals surface area contributed by atoms with Crippen LogP contribution in [0.15, 0.2) is 34.9 Å². The summed E-state index contributed by atoms with van der Waals surface area (Å²) in [6.45, 7) is 4.04. The van der Waals surface area contributed by atoms with E-state index in [0.717, 1.165) is 80.8 Å². The molecule has 0 radical (unpaired) electrons. The summed E-state index contributed by atoms with van der Waals surface area (Å²) in [5.41, 5.74) is 3.43. The van der Waals surface area contributed by atoms with Crippen LogP contribution in [0.4, 0.5) is 0 Å². The van der Waals surface area contributed by atoms with Crippen molar-refractivity contribution in [2.75, 3.05) is 33.4 Å². The quantitative estimate of drug-likeness (QED) is 0.520. The Balaban J connectivity index is 1.35. The smallest absolute Gasteiger partial charge is 0.291 e. The van der Waals surface area contributed by atoms with E-state index in [9.17, 15) is 0 Å². The molecule has 0 amide bonds. The number of piperidine rings is 1. The maximum atomic E-state index is 5.72. The summed E-state index contributed by atoms with van der Waals surface area (Å²) >= 11 is 0. The zero-order valence-electron chi connectivity index (χ0n) is 18.3. The standard InChI is InChI=1S/C24H31N5O2/c1-30-17-7-14-28-15-12-19(13-16-28)23-25-24(27-31-23)29-21-11-6-5-10-20(21)22(26-29)18-8-3-2-4-9-18/h5-6,8,10-11,19H,2-4,7,9,12-17H2,1H3. The summed E-state index contributed by atoms with van der Waals surface area (Å²) in [5.74, 6) is 1.60. The molecule has 0 saturated carbocycles. The second-order valence-corrected chi connectivity index (χ2v) is 8.65. The Morgan fingerprint density at radius 1 is 1.16 bits per heavy atom. The van der Waals surface area contributed by atoms with Gasteiger partial charge in [0.2, 0.25) is 5.89 Å². The molecule has 3 heterocycles. The van der Waals surface area contributed by atoms with Crippen LogP contribution in [-0.4, -0.2) is 58.2 Å². The molecular weight excluding hydrogens is 390 g/mol. The van der Waals surface area contributed by atoms with Crippen LogP contribution in [0.3, 0.4) is 0 Å². The maximum Gasteiger partial charge on any atom is 0.291 e. The average molecular weight is 422 g/mol. The largest absolute Gasteiger partial charge is 0.385 e. The topological polar surface area (TPSA) is 69.2 Å². The fraction of sp³-hybridized carbons (Fsp3) is 0.542. The van der Waals surface area contributed by atoms with Crippen molar-refractivity contribution in [1.82, 2.24) is 24.8 Å². The van der Waals surface area contributed by atoms with Crippen LogP contribution in [-0.2, 0) is 4.74 Å². The first-order valence-corrected chi connectivity index (χ1v) is 11.6. The number of ether oxygens (including phenoxy) is 1. The van der Waals surface area contributed by atoms with Crippen LogP contribution in [0, 0.1) is 0 Å². The van der Waals surface area contributed by atoms with Gasteiger partial charge in [0.1, 0.15) is 0 Å². The van der Waals surface area contributed by atoms with Gasteiger partial charge in [-0.1, -0.05) is 24.3 Å². The van der Waals surface area contributed by atoms with Gasteiger partial charge in [0, 0.05) is 31.6 Å². The zero-order valence-corrected chi connectivity index (χ0v) is 18.3. The van der Waals surface area contributed by atoms with E-state index in [2.05, 4.69) is 34.3 Å². The van der Waals surface area contributed by atoms with Crippen molar-refractivity contribution in [2.24, 2.45) is 0 Å². The molecule has 7 heteroatoms. The predicted molar refractivity (Wildman–Crippen MR) is 120 cm³/mol. The van der Waals surface area contributed by atoms with E-state index in [-0.39, 0.29) is 0 Å². The Morgan fingerprint density at radius 3 is 2.84 bits per heavy atom. The summed E-state index contributed by atoms with van der Waals surface area (Å²) < 4.78 is 12.7. The van der Waals surface area contributed by atoms with Crippen molar-refractivity contribution in [3.63, 3.8) is 0 Å². The second-order valence-electron chi connectivity index (χ2n) is 8.65. The average Bonchev–Trinajstić information content (AvgIpc) is 3.46. The molecule has 1 aromatic carbocycles. The Bertz CT molecular complexity index is 1050. The Kier molecular flexibility index (Phi) is 6.13. The molecule has 5 rings (SSSR count). The highest BCUT2D eigenvalue weighted by Gasteiger charge is 2.26. The normalized spacial score (nSPS) is 18.5. The molecule has 164 valence electrons. The molecule has 1 fully saturated rings. The lowest BCUT2D eigenvalue weighted by Gasteiger charge is -2.30. The van der Waals surface area contributed by atoms with Gasteiger partial charge in [-0.15, -0.1) is 0 Å². The minimum absolute atomic E-state index is 0.322. The van der Waals surface area contributed by atoms with E-state index in [4.69, 9.17) is 19.3 Å². The number of allylic oxidation sites excluding steroid dienone is 2. The first kappa shape index (κ1) is 20.4. The number of aromatic nitrogens is 4. The Morgan fingerprint density at radius 2 is 2.03 bits per heavy atom. The van der Waals surface area contributed by atoms with Crippen LogP contribution in [0.25, 0.3) is 22.4 Å². The number of methoxy groups -OCH3 is 1. The van der Waals surface area contributed by atoms with Gasteiger partial charge in [-0.05, 0) is 74.8 Å². The first-order chi connectivity index (χ1) is 15.3. The lowest BCUT2D eigenvalue weighted by molar-refractivity contribution is 0.152. The summed E-state index contributed by atoms with van der Waals surface area (Å²) in [5, 5.41) is 10.4. The van der Waals surface area contributed by atoms with Crippen molar-refractivity contribution in [3.05, 3.63) is 41.9 Å². The number of hydrogen-bond acceptors (Lipinski definition) is 6. The van der Waals surface area contributed by atoms with E-state index in [0.29, 0.717) is 11.9 Å². The maximum absolute atomic E-state index is 5.72. The number of benzene rings is 1. The Labute approximate surface area is 183 Å². The Hall–Kier alpha value is -2.51. The van der Waals surface area contributed by atoms with Crippen LogP contribution in [0.2, 0.25) is 0 Å². The minimum Gasteiger partial charge on any atom is -0.385 e. The molecule has 1 saturated heterocycles.